The molecule has 0 spiro atoms. The van der Waals surface area contributed by atoms with Crippen LogP contribution in [0.2, 0.25) is 5.02 Å². The van der Waals surface area contributed by atoms with Crippen LogP contribution >= 0.6 is 34.7 Å². The van der Waals surface area contributed by atoms with Gasteiger partial charge in [-0.05, 0) is 54.5 Å². The average Bonchev–Trinajstić information content (AvgIpc) is 3.23. The Bertz CT molecular complexity index is 1810. The lowest BCUT2D eigenvalue weighted by Gasteiger charge is -2.24. The van der Waals surface area contributed by atoms with Gasteiger partial charge in [0.25, 0.3) is 11.2 Å². The Morgan fingerprint density at radius 2 is 1.87 bits per heavy atom. The zero-order valence-electron chi connectivity index (χ0n) is 20.7. The van der Waals surface area contributed by atoms with E-state index in [0.717, 1.165) is 21.8 Å². The standard InChI is InChI=1S/C28H20ClN3O5S2/c1-16-24(27(34)37-2)25(18-6-4-3-5-7-18)31-26(33)23(39-28(31)30-16)15-17-8-13-22(21(14-17)32(35)36)38-20-11-9-19(29)10-12-20/h3-15,25H,1-2H3. The number of esters is 1. The van der Waals surface area contributed by atoms with Crippen molar-refractivity contribution < 1.29 is 14.5 Å². The SMILES string of the molecule is COC(=O)C1=C(C)N=c2sc(=Cc3ccc(Sc4ccc(Cl)cc4)c([N+](=O)[O-])c3)c(=O)n2C1c1ccccc1. The highest BCUT2D eigenvalue weighted by Crippen LogP contribution is 2.36. The van der Waals surface area contributed by atoms with E-state index < -0.39 is 16.9 Å². The lowest BCUT2D eigenvalue weighted by molar-refractivity contribution is -0.387. The molecule has 1 aliphatic heterocycles. The van der Waals surface area contributed by atoms with Crippen molar-refractivity contribution in [2.75, 3.05) is 7.11 Å². The summed E-state index contributed by atoms with van der Waals surface area (Å²) < 4.78 is 6.83. The first kappa shape index (κ1) is 26.6. The van der Waals surface area contributed by atoms with Crippen LogP contribution in [0, 0.1) is 10.1 Å². The molecule has 1 aliphatic rings. The zero-order valence-corrected chi connectivity index (χ0v) is 23.0. The minimum atomic E-state index is -0.718. The Balaban J connectivity index is 1.61. The Hall–Kier alpha value is -3.99. The van der Waals surface area contributed by atoms with Gasteiger partial charge in [0.15, 0.2) is 4.80 Å². The number of thiazole rings is 1. The minimum Gasteiger partial charge on any atom is -0.466 e. The molecule has 1 aromatic heterocycles. The second-order valence-corrected chi connectivity index (χ2v) is 11.1. The molecule has 39 heavy (non-hydrogen) atoms. The summed E-state index contributed by atoms with van der Waals surface area (Å²) in [5.41, 5.74) is 1.53. The third-order valence-corrected chi connectivity index (χ3v) is 8.37. The molecule has 1 unspecified atom stereocenters. The van der Waals surface area contributed by atoms with Crippen molar-refractivity contribution in [3.05, 3.63) is 130 Å². The summed E-state index contributed by atoms with van der Waals surface area (Å²) in [6.45, 7) is 1.71. The summed E-state index contributed by atoms with van der Waals surface area (Å²) in [7, 11) is 1.29. The van der Waals surface area contributed by atoms with Crippen molar-refractivity contribution in [3.8, 4) is 0 Å². The summed E-state index contributed by atoms with van der Waals surface area (Å²) in [4.78, 5) is 44.1. The highest BCUT2D eigenvalue weighted by atomic mass is 35.5. The first-order valence-corrected chi connectivity index (χ1v) is 13.7. The van der Waals surface area contributed by atoms with Crippen molar-refractivity contribution >= 4 is 52.4 Å². The lowest BCUT2D eigenvalue weighted by atomic mass is 9.96. The molecule has 0 fully saturated rings. The molecular weight excluding hydrogens is 558 g/mol. The number of hydrogen-bond donors (Lipinski definition) is 0. The first-order valence-electron chi connectivity index (χ1n) is 11.6. The molecule has 0 saturated carbocycles. The maximum Gasteiger partial charge on any atom is 0.338 e. The van der Waals surface area contributed by atoms with E-state index in [1.54, 1.807) is 49.4 Å². The number of nitrogens with zero attached hydrogens (tertiary/aromatic N) is 3. The predicted molar refractivity (Wildman–Crippen MR) is 151 cm³/mol. The third-order valence-electron chi connectivity index (χ3n) is 6.06. The molecule has 196 valence electrons. The molecule has 0 aliphatic carbocycles. The topological polar surface area (TPSA) is 104 Å². The Morgan fingerprint density at radius 3 is 2.54 bits per heavy atom. The summed E-state index contributed by atoms with van der Waals surface area (Å²) in [5.74, 6) is -0.566. The largest absolute Gasteiger partial charge is 0.466 e. The van der Waals surface area contributed by atoms with Crippen LogP contribution in [-0.4, -0.2) is 22.6 Å². The number of rotatable bonds is 6. The molecular formula is C28H20ClN3O5S2. The number of allylic oxidation sites excluding steroid dienone is 1. The van der Waals surface area contributed by atoms with Gasteiger partial charge in [-0.1, -0.05) is 71.1 Å². The Kier molecular flexibility index (Phi) is 7.51. The molecule has 0 saturated heterocycles. The number of fused-ring (bicyclic) bond motifs is 1. The number of aromatic nitrogens is 1. The fourth-order valence-corrected chi connectivity index (χ4v) is 6.35. The van der Waals surface area contributed by atoms with Crippen molar-refractivity contribution in [1.29, 1.82) is 0 Å². The first-order chi connectivity index (χ1) is 18.8. The number of benzene rings is 3. The van der Waals surface area contributed by atoms with E-state index in [-0.39, 0.29) is 16.8 Å². The highest BCUT2D eigenvalue weighted by Gasteiger charge is 2.33. The quantitative estimate of drug-likeness (QED) is 0.179. The molecule has 5 rings (SSSR count). The number of ether oxygens (including phenoxy) is 1. The fourth-order valence-electron chi connectivity index (χ4n) is 4.28. The smallest absolute Gasteiger partial charge is 0.338 e. The maximum absolute atomic E-state index is 13.7. The van der Waals surface area contributed by atoms with Crippen LogP contribution in [0.5, 0.6) is 0 Å². The fraction of sp³-hybridized carbons (Fsp3) is 0.107. The van der Waals surface area contributed by atoms with E-state index in [1.807, 2.05) is 30.3 Å². The number of methoxy groups -OCH3 is 1. The van der Waals surface area contributed by atoms with Crippen LogP contribution in [0.1, 0.15) is 24.1 Å². The van der Waals surface area contributed by atoms with Gasteiger partial charge in [0.1, 0.15) is 0 Å². The van der Waals surface area contributed by atoms with Crippen LogP contribution in [0.25, 0.3) is 6.08 Å². The number of carbonyl (C=O) groups excluding carboxylic acids is 1. The molecule has 0 radical (unpaired) electrons. The second kappa shape index (κ2) is 11.0. The monoisotopic (exact) mass is 577 g/mol. The van der Waals surface area contributed by atoms with E-state index >= 15 is 0 Å². The molecule has 2 heterocycles. The van der Waals surface area contributed by atoms with Crippen molar-refractivity contribution in [1.82, 2.24) is 4.57 Å². The maximum atomic E-state index is 13.7. The summed E-state index contributed by atoms with van der Waals surface area (Å²) in [6.07, 6.45) is 1.60. The van der Waals surface area contributed by atoms with Gasteiger partial charge in [-0.15, -0.1) is 0 Å². The number of carbonyl (C=O) groups is 1. The average molecular weight is 578 g/mol. The molecule has 0 amide bonds. The van der Waals surface area contributed by atoms with E-state index in [1.165, 1.54) is 29.5 Å². The van der Waals surface area contributed by atoms with Crippen LogP contribution in [-0.2, 0) is 9.53 Å². The second-order valence-electron chi connectivity index (χ2n) is 8.52. The summed E-state index contributed by atoms with van der Waals surface area (Å²) >= 11 is 8.36. The van der Waals surface area contributed by atoms with Crippen molar-refractivity contribution in [2.24, 2.45) is 4.99 Å². The molecule has 3 aromatic carbocycles. The normalized spacial score (nSPS) is 15.1. The van der Waals surface area contributed by atoms with Crippen LogP contribution in [0.3, 0.4) is 0 Å². The van der Waals surface area contributed by atoms with Gasteiger partial charge in [0.05, 0.1) is 38.8 Å². The van der Waals surface area contributed by atoms with Gasteiger partial charge >= 0.3 is 5.97 Å². The minimum absolute atomic E-state index is 0.0811. The summed E-state index contributed by atoms with van der Waals surface area (Å²) in [6, 6.07) is 20.3. The molecule has 8 nitrogen and oxygen atoms in total. The number of halogens is 1. The van der Waals surface area contributed by atoms with E-state index in [0.29, 0.717) is 30.5 Å². The zero-order chi connectivity index (χ0) is 27.7. The van der Waals surface area contributed by atoms with Gasteiger partial charge < -0.3 is 4.74 Å². The van der Waals surface area contributed by atoms with Crippen LogP contribution in [0.15, 0.2) is 104 Å². The van der Waals surface area contributed by atoms with Crippen LogP contribution in [0.4, 0.5) is 5.69 Å². The van der Waals surface area contributed by atoms with Gasteiger partial charge in [-0.3, -0.25) is 19.5 Å². The van der Waals surface area contributed by atoms with Crippen LogP contribution < -0.4 is 14.9 Å². The van der Waals surface area contributed by atoms with Gasteiger partial charge in [-0.2, -0.15) is 0 Å². The molecule has 1 atom stereocenters. The highest BCUT2D eigenvalue weighted by molar-refractivity contribution is 7.99. The Morgan fingerprint density at radius 1 is 1.15 bits per heavy atom. The van der Waals surface area contributed by atoms with Gasteiger partial charge in [0, 0.05) is 16.0 Å². The molecule has 11 heteroatoms. The van der Waals surface area contributed by atoms with E-state index in [9.17, 15) is 19.7 Å². The number of hydrogen-bond acceptors (Lipinski definition) is 8. The van der Waals surface area contributed by atoms with Gasteiger partial charge in [-0.25, -0.2) is 9.79 Å². The lowest BCUT2D eigenvalue weighted by Crippen LogP contribution is -2.39. The Labute approximate surface area is 235 Å². The molecule has 4 aromatic rings. The van der Waals surface area contributed by atoms with Crippen molar-refractivity contribution in [2.45, 2.75) is 22.8 Å². The number of nitro groups is 1. The molecule has 0 N–H and O–H groups in total. The number of nitro benzene ring substituents is 1. The van der Waals surface area contributed by atoms with E-state index in [4.69, 9.17) is 16.3 Å². The van der Waals surface area contributed by atoms with Gasteiger partial charge in [0.2, 0.25) is 0 Å². The van der Waals surface area contributed by atoms with Crippen molar-refractivity contribution in [3.63, 3.8) is 0 Å². The molecule has 0 bridgehead atoms. The predicted octanol–water partition coefficient (Wildman–Crippen LogP) is 5.12. The van der Waals surface area contributed by atoms with E-state index in [2.05, 4.69) is 4.99 Å². The third kappa shape index (κ3) is 5.31. The summed E-state index contributed by atoms with van der Waals surface area (Å²) in [5, 5.41) is 12.5.